The predicted octanol–water partition coefficient (Wildman–Crippen LogP) is 1.86. The zero-order chi connectivity index (χ0) is 12.8. The van der Waals surface area contributed by atoms with Gasteiger partial charge in [0.05, 0.1) is 6.42 Å². The van der Waals surface area contributed by atoms with E-state index in [-0.39, 0.29) is 18.5 Å². The number of hydrogen-bond donors (Lipinski definition) is 2. The van der Waals surface area contributed by atoms with Crippen LogP contribution in [0.5, 0.6) is 0 Å². The molecule has 0 aromatic carbocycles. The van der Waals surface area contributed by atoms with Gasteiger partial charge >= 0.3 is 12.0 Å². The molecule has 7 heteroatoms. The van der Waals surface area contributed by atoms with Crippen LogP contribution in [0.25, 0.3) is 0 Å². The molecule has 1 heterocycles. The highest BCUT2D eigenvalue weighted by Crippen LogP contribution is 2.13. The lowest BCUT2D eigenvalue weighted by Crippen LogP contribution is -2.42. The van der Waals surface area contributed by atoms with Crippen molar-refractivity contribution in [1.29, 1.82) is 0 Å². The molecule has 17 heavy (non-hydrogen) atoms. The molecule has 0 aliphatic carbocycles. The lowest BCUT2D eigenvalue weighted by atomic mass is 10.2. The first-order chi connectivity index (χ1) is 8.04. The standard InChI is InChI=1S/C10H15N3O3S/c1-3-13(7(2)6-8(14)15)10(16)12-9-11-4-5-17-9/h4-5,7H,3,6H2,1-2H3,(H,14,15)(H,11,12,16). The van der Waals surface area contributed by atoms with Gasteiger partial charge in [0.2, 0.25) is 0 Å². The molecule has 0 radical (unpaired) electrons. The Kier molecular flexibility index (Phi) is 4.89. The molecule has 1 rings (SSSR count). The van der Waals surface area contributed by atoms with Gasteiger partial charge in [-0.05, 0) is 13.8 Å². The predicted molar refractivity (Wildman–Crippen MR) is 65.2 cm³/mol. The summed E-state index contributed by atoms with van der Waals surface area (Å²) in [6.45, 7) is 3.96. The summed E-state index contributed by atoms with van der Waals surface area (Å²) in [6, 6.07) is -0.673. The monoisotopic (exact) mass is 257 g/mol. The van der Waals surface area contributed by atoms with Crippen LogP contribution in [0.2, 0.25) is 0 Å². The number of carboxylic acids is 1. The van der Waals surface area contributed by atoms with Crippen LogP contribution in [0.3, 0.4) is 0 Å². The molecule has 0 aliphatic rings. The van der Waals surface area contributed by atoms with E-state index in [0.29, 0.717) is 11.7 Å². The number of urea groups is 1. The molecule has 2 N–H and O–H groups in total. The van der Waals surface area contributed by atoms with Gasteiger partial charge in [0.15, 0.2) is 5.13 Å². The van der Waals surface area contributed by atoms with Gasteiger partial charge in [-0.1, -0.05) is 0 Å². The second kappa shape index (κ2) is 6.19. The third kappa shape index (κ3) is 4.03. The van der Waals surface area contributed by atoms with Crippen LogP contribution < -0.4 is 5.32 Å². The van der Waals surface area contributed by atoms with Crippen molar-refractivity contribution in [2.24, 2.45) is 0 Å². The topological polar surface area (TPSA) is 82.5 Å². The molecule has 0 fully saturated rings. The second-order valence-electron chi connectivity index (χ2n) is 3.50. The molecular formula is C10H15N3O3S. The van der Waals surface area contributed by atoms with Crippen molar-refractivity contribution in [2.75, 3.05) is 11.9 Å². The van der Waals surface area contributed by atoms with Crippen LogP contribution in [0.15, 0.2) is 11.6 Å². The Morgan fingerprint density at radius 1 is 1.65 bits per heavy atom. The minimum atomic E-state index is -0.919. The average Bonchev–Trinajstić information content (AvgIpc) is 2.70. The number of carboxylic acid groups (broad SMARTS) is 1. The van der Waals surface area contributed by atoms with E-state index >= 15 is 0 Å². The number of aromatic nitrogens is 1. The number of aliphatic carboxylic acids is 1. The first-order valence-electron chi connectivity index (χ1n) is 5.23. The van der Waals surface area contributed by atoms with Crippen molar-refractivity contribution < 1.29 is 14.7 Å². The number of anilines is 1. The van der Waals surface area contributed by atoms with Gasteiger partial charge < -0.3 is 10.0 Å². The number of carbonyl (C=O) groups is 2. The van der Waals surface area contributed by atoms with Crippen LogP contribution in [-0.4, -0.2) is 39.6 Å². The minimum absolute atomic E-state index is 0.0703. The molecule has 1 aromatic rings. The van der Waals surface area contributed by atoms with E-state index < -0.39 is 5.97 Å². The molecule has 0 spiro atoms. The van der Waals surface area contributed by atoms with Crippen molar-refractivity contribution in [3.63, 3.8) is 0 Å². The zero-order valence-electron chi connectivity index (χ0n) is 9.71. The van der Waals surface area contributed by atoms with Crippen molar-refractivity contribution in [3.8, 4) is 0 Å². The normalized spacial score (nSPS) is 11.9. The van der Waals surface area contributed by atoms with E-state index in [1.165, 1.54) is 16.2 Å². The van der Waals surface area contributed by atoms with Crippen molar-refractivity contribution in [3.05, 3.63) is 11.6 Å². The number of thiazole rings is 1. The summed E-state index contributed by atoms with van der Waals surface area (Å²) in [5.41, 5.74) is 0. The van der Waals surface area contributed by atoms with Gasteiger partial charge in [-0.3, -0.25) is 10.1 Å². The minimum Gasteiger partial charge on any atom is -0.481 e. The van der Waals surface area contributed by atoms with Crippen LogP contribution in [-0.2, 0) is 4.79 Å². The highest BCUT2D eigenvalue weighted by Gasteiger charge is 2.21. The fourth-order valence-electron chi connectivity index (χ4n) is 1.47. The van der Waals surface area contributed by atoms with E-state index in [0.717, 1.165) is 0 Å². The molecule has 2 amide bonds. The fourth-order valence-corrected chi connectivity index (χ4v) is 1.99. The Bertz CT molecular complexity index is 380. The molecule has 1 unspecified atom stereocenters. The lowest BCUT2D eigenvalue weighted by molar-refractivity contribution is -0.137. The molecule has 0 bridgehead atoms. The van der Waals surface area contributed by atoms with E-state index in [4.69, 9.17) is 5.11 Å². The summed E-state index contributed by atoms with van der Waals surface area (Å²) in [5.74, 6) is -0.919. The Hall–Kier alpha value is -1.63. The van der Waals surface area contributed by atoms with E-state index in [2.05, 4.69) is 10.3 Å². The van der Waals surface area contributed by atoms with Crippen molar-refractivity contribution >= 4 is 28.5 Å². The molecular weight excluding hydrogens is 242 g/mol. The zero-order valence-corrected chi connectivity index (χ0v) is 10.5. The summed E-state index contributed by atoms with van der Waals surface area (Å²) >= 11 is 1.32. The van der Waals surface area contributed by atoms with E-state index in [1.807, 2.05) is 0 Å². The highest BCUT2D eigenvalue weighted by atomic mass is 32.1. The maximum absolute atomic E-state index is 11.9. The van der Waals surface area contributed by atoms with Crippen LogP contribution in [0.1, 0.15) is 20.3 Å². The number of rotatable bonds is 5. The highest BCUT2D eigenvalue weighted by molar-refractivity contribution is 7.13. The van der Waals surface area contributed by atoms with Gasteiger partial charge in [0.25, 0.3) is 0 Å². The summed E-state index contributed by atoms with van der Waals surface area (Å²) < 4.78 is 0. The van der Waals surface area contributed by atoms with E-state index in [1.54, 1.807) is 25.4 Å². The Morgan fingerprint density at radius 3 is 2.82 bits per heavy atom. The molecule has 6 nitrogen and oxygen atoms in total. The first kappa shape index (κ1) is 13.4. The quantitative estimate of drug-likeness (QED) is 0.843. The third-order valence-corrected chi connectivity index (χ3v) is 2.94. The molecule has 94 valence electrons. The number of nitrogens with one attached hydrogen (secondary N) is 1. The molecule has 1 aromatic heterocycles. The molecule has 0 aliphatic heterocycles. The summed E-state index contributed by atoms with van der Waals surface area (Å²) in [6.07, 6.45) is 1.52. The molecule has 0 saturated heterocycles. The van der Waals surface area contributed by atoms with Gasteiger partial charge in [-0.25, -0.2) is 9.78 Å². The van der Waals surface area contributed by atoms with E-state index in [9.17, 15) is 9.59 Å². The number of nitrogens with zero attached hydrogens (tertiary/aromatic N) is 2. The average molecular weight is 257 g/mol. The van der Waals surface area contributed by atoms with Gasteiger partial charge in [0, 0.05) is 24.2 Å². The molecule has 0 saturated carbocycles. The smallest absolute Gasteiger partial charge is 0.323 e. The number of hydrogen-bond acceptors (Lipinski definition) is 4. The fraction of sp³-hybridized carbons (Fsp3) is 0.500. The Labute approximate surface area is 103 Å². The van der Waals surface area contributed by atoms with Crippen LogP contribution >= 0.6 is 11.3 Å². The molecule has 1 atom stereocenters. The first-order valence-corrected chi connectivity index (χ1v) is 6.11. The van der Waals surface area contributed by atoms with Gasteiger partial charge in [0.1, 0.15) is 0 Å². The van der Waals surface area contributed by atoms with Crippen LogP contribution in [0.4, 0.5) is 9.93 Å². The Morgan fingerprint density at radius 2 is 2.35 bits per heavy atom. The van der Waals surface area contributed by atoms with Gasteiger partial charge in [-0.15, -0.1) is 11.3 Å². The Balaban J connectivity index is 2.60. The largest absolute Gasteiger partial charge is 0.481 e. The summed E-state index contributed by atoms with van der Waals surface area (Å²) in [4.78, 5) is 27.9. The van der Waals surface area contributed by atoms with Crippen molar-refractivity contribution in [1.82, 2.24) is 9.88 Å². The van der Waals surface area contributed by atoms with Crippen molar-refractivity contribution in [2.45, 2.75) is 26.3 Å². The maximum Gasteiger partial charge on any atom is 0.323 e. The number of amides is 2. The lowest BCUT2D eigenvalue weighted by Gasteiger charge is -2.26. The van der Waals surface area contributed by atoms with Crippen LogP contribution in [0, 0.1) is 0 Å². The second-order valence-corrected chi connectivity index (χ2v) is 4.39. The number of carbonyl (C=O) groups excluding carboxylic acids is 1. The van der Waals surface area contributed by atoms with Gasteiger partial charge in [-0.2, -0.15) is 0 Å². The third-order valence-electron chi connectivity index (χ3n) is 2.25. The SMILES string of the molecule is CCN(C(=O)Nc1nccs1)C(C)CC(=O)O. The summed E-state index contributed by atoms with van der Waals surface area (Å²) in [7, 11) is 0. The summed E-state index contributed by atoms with van der Waals surface area (Å²) in [5, 5.41) is 13.6. The maximum atomic E-state index is 11.9.